The molecule has 3 aromatic rings. The summed E-state index contributed by atoms with van der Waals surface area (Å²) in [6, 6.07) is 11.3. The van der Waals surface area contributed by atoms with Crippen molar-refractivity contribution in [1.82, 2.24) is 19.4 Å². The van der Waals surface area contributed by atoms with E-state index in [0.29, 0.717) is 31.7 Å². The molecule has 1 aliphatic rings. The Morgan fingerprint density at radius 2 is 1.58 bits per heavy atom. The molecule has 1 aliphatic heterocycles. The maximum atomic E-state index is 13.3. The van der Waals surface area contributed by atoms with Gasteiger partial charge in [-0.25, -0.2) is 9.37 Å². The van der Waals surface area contributed by atoms with Gasteiger partial charge in [-0.05, 0) is 50.2 Å². The normalized spacial score (nSPS) is 14.1. The van der Waals surface area contributed by atoms with E-state index in [-0.39, 0.29) is 22.4 Å². The molecule has 0 bridgehead atoms. The van der Waals surface area contributed by atoms with Crippen LogP contribution in [0.2, 0.25) is 5.02 Å². The maximum absolute atomic E-state index is 13.3. The van der Waals surface area contributed by atoms with Gasteiger partial charge in [-0.15, -0.1) is 0 Å². The number of benzene rings is 1. The molecule has 4 rings (SSSR count). The summed E-state index contributed by atoms with van der Waals surface area (Å²) in [4.78, 5) is 33.7. The predicted molar refractivity (Wildman–Crippen MR) is 116 cm³/mol. The second kappa shape index (κ2) is 8.51. The van der Waals surface area contributed by atoms with Gasteiger partial charge in [0.25, 0.3) is 11.8 Å². The average molecular weight is 441 g/mol. The zero-order valence-electron chi connectivity index (χ0n) is 17.3. The van der Waals surface area contributed by atoms with Gasteiger partial charge in [0, 0.05) is 43.8 Å². The summed E-state index contributed by atoms with van der Waals surface area (Å²) in [5.41, 5.74) is 2.66. The van der Waals surface area contributed by atoms with Crippen molar-refractivity contribution in [3.63, 3.8) is 0 Å². The minimum absolute atomic E-state index is 0.0674. The Morgan fingerprint density at radius 1 is 0.935 bits per heavy atom. The quantitative estimate of drug-likeness (QED) is 0.621. The number of aryl methyl sites for hydroxylation is 1. The molecule has 0 N–H and O–H groups in total. The summed E-state index contributed by atoms with van der Waals surface area (Å²) in [6.45, 7) is 5.45. The average Bonchev–Trinajstić information content (AvgIpc) is 3.07. The molecule has 0 saturated carbocycles. The number of hydrogen-bond acceptors (Lipinski definition) is 3. The van der Waals surface area contributed by atoms with Gasteiger partial charge in [-0.1, -0.05) is 17.7 Å². The SMILES string of the molecule is Cc1cc(C(=O)N2CCN(C(=O)c3ccc(F)cc3Cl)CC2)c(C)n1-c1ccccn1. The number of amides is 2. The summed E-state index contributed by atoms with van der Waals surface area (Å²) in [6.07, 6.45) is 1.72. The van der Waals surface area contributed by atoms with Crippen molar-refractivity contribution in [2.45, 2.75) is 13.8 Å². The Labute approximate surface area is 184 Å². The van der Waals surface area contributed by atoms with Crippen molar-refractivity contribution in [3.05, 3.63) is 82.0 Å². The number of piperazine rings is 1. The Morgan fingerprint density at radius 3 is 2.16 bits per heavy atom. The third-order valence-corrected chi connectivity index (χ3v) is 5.87. The summed E-state index contributed by atoms with van der Waals surface area (Å²) in [5.74, 6) is -0.0453. The Bertz CT molecular complexity index is 1140. The molecule has 31 heavy (non-hydrogen) atoms. The molecule has 1 saturated heterocycles. The van der Waals surface area contributed by atoms with Crippen LogP contribution in [-0.2, 0) is 0 Å². The number of carbonyl (C=O) groups is 2. The fourth-order valence-electron chi connectivity index (χ4n) is 3.93. The minimum atomic E-state index is -0.486. The van der Waals surface area contributed by atoms with Gasteiger partial charge in [0.1, 0.15) is 11.6 Å². The van der Waals surface area contributed by atoms with Crippen LogP contribution in [-0.4, -0.2) is 57.3 Å². The summed E-state index contributed by atoms with van der Waals surface area (Å²) < 4.78 is 15.2. The number of hydrogen-bond donors (Lipinski definition) is 0. The van der Waals surface area contributed by atoms with Crippen LogP contribution in [0.1, 0.15) is 32.1 Å². The van der Waals surface area contributed by atoms with Gasteiger partial charge in [0.15, 0.2) is 0 Å². The van der Waals surface area contributed by atoms with E-state index in [0.717, 1.165) is 23.3 Å². The van der Waals surface area contributed by atoms with Crippen molar-refractivity contribution < 1.29 is 14.0 Å². The first-order valence-electron chi connectivity index (χ1n) is 10.0. The predicted octanol–water partition coefficient (Wildman–Crippen LogP) is 3.88. The number of pyridine rings is 1. The van der Waals surface area contributed by atoms with E-state index in [4.69, 9.17) is 11.6 Å². The highest BCUT2D eigenvalue weighted by atomic mass is 35.5. The van der Waals surface area contributed by atoms with Gasteiger partial charge < -0.3 is 14.4 Å². The van der Waals surface area contributed by atoms with Crippen molar-refractivity contribution in [1.29, 1.82) is 0 Å². The first kappa shape index (κ1) is 21.1. The third kappa shape index (κ3) is 4.05. The van der Waals surface area contributed by atoms with Gasteiger partial charge in [0.2, 0.25) is 0 Å². The van der Waals surface area contributed by atoms with Crippen LogP contribution in [0, 0.1) is 19.7 Å². The lowest BCUT2D eigenvalue weighted by molar-refractivity contribution is 0.0535. The molecule has 0 atom stereocenters. The summed E-state index contributed by atoms with van der Waals surface area (Å²) in [5, 5.41) is 0.0884. The molecule has 6 nitrogen and oxygen atoms in total. The lowest BCUT2D eigenvalue weighted by Gasteiger charge is -2.35. The molecule has 0 unspecified atom stereocenters. The molecule has 8 heteroatoms. The van der Waals surface area contributed by atoms with Crippen LogP contribution in [0.3, 0.4) is 0 Å². The van der Waals surface area contributed by atoms with Crippen molar-refractivity contribution in [2.24, 2.45) is 0 Å². The van der Waals surface area contributed by atoms with Gasteiger partial charge in [-0.2, -0.15) is 0 Å². The van der Waals surface area contributed by atoms with E-state index >= 15 is 0 Å². The largest absolute Gasteiger partial charge is 0.335 e. The van der Waals surface area contributed by atoms with Crippen LogP contribution >= 0.6 is 11.6 Å². The molecule has 3 heterocycles. The van der Waals surface area contributed by atoms with Crippen molar-refractivity contribution >= 4 is 23.4 Å². The fourth-order valence-corrected chi connectivity index (χ4v) is 4.18. The van der Waals surface area contributed by atoms with E-state index < -0.39 is 5.82 Å². The van der Waals surface area contributed by atoms with Crippen LogP contribution in [0.4, 0.5) is 4.39 Å². The lowest BCUT2D eigenvalue weighted by atomic mass is 10.1. The van der Waals surface area contributed by atoms with Gasteiger partial charge in [-0.3, -0.25) is 9.59 Å². The number of rotatable bonds is 3. The van der Waals surface area contributed by atoms with E-state index in [1.54, 1.807) is 16.0 Å². The van der Waals surface area contributed by atoms with Crippen LogP contribution in [0.5, 0.6) is 0 Å². The molecule has 0 aliphatic carbocycles. The standard InChI is InChI=1S/C23H22ClFN4O2/c1-15-13-19(16(2)29(15)21-5-3-4-8-26-21)23(31)28-11-9-27(10-12-28)22(30)18-7-6-17(25)14-20(18)24/h3-8,13-14H,9-12H2,1-2H3. The second-order valence-corrected chi connectivity index (χ2v) is 7.92. The monoisotopic (exact) mass is 440 g/mol. The van der Waals surface area contributed by atoms with E-state index in [1.165, 1.54) is 12.1 Å². The Hall–Kier alpha value is -3.19. The highest BCUT2D eigenvalue weighted by molar-refractivity contribution is 6.33. The maximum Gasteiger partial charge on any atom is 0.255 e. The molecule has 2 amide bonds. The van der Waals surface area contributed by atoms with Crippen LogP contribution < -0.4 is 0 Å². The second-order valence-electron chi connectivity index (χ2n) is 7.52. The zero-order valence-corrected chi connectivity index (χ0v) is 18.1. The molecule has 2 aromatic heterocycles. The highest BCUT2D eigenvalue weighted by Gasteiger charge is 2.28. The van der Waals surface area contributed by atoms with Crippen molar-refractivity contribution in [2.75, 3.05) is 26.2 Å². The molecule has 0 radical (unpaired) electrons. The van der Waals surface area contributed by atoms with E-state index in [1.807, 2.05) is 42.7 Å². The topological polar surface area (TPSA) is 58.4 Å². The lowest BCUT2D eigenvalue weighted by Crippen LogP contribution is -2.50. The van der Waals surface area contributed by atoms with Gasteiger partial charge in [0.05, 0.1) is 16.1 Å². The van der Waals surface area contributed by atoms with Gasteiger partial charge >= 0.3 is 0 Å². The molecular weight excluding hydrogens is 419 g/mol. The summed E-state index contributed by atoms with van der Waals surface area (Å²) in [7, 11) is 0. The number of carbonyl (C=O) groups excluding carboxylic acids is 2. The minimum Gasteiger partial charge on any atom is -0.335 e. The smallest absolute Gasteiger partial charge is 0.255 e. The van der Waals surface area contributed by atoms with Crippen molar-refractivity contribution in [3.8, 4) is 5.82 Å². The highest BCUT2D eigenvalue weighted by Crippen LogP contribution is 2.23. The first-order chi connectivity index (χ1) is 14.9. The number of nitrogens with zero attached hydrogens (tertiary/aromatic N) is 4. The Kier molecular flexibility index (Phi) is 5.78. The van der Waals surface area contributed by atoms with Crippen LogP contribution in [0.15, 0.2) is 48.7 Å². The third-order valence-electron chi connectivity index (χ3n) is 5.56. The molecule has 1 aromatic carbocycles. The molecular formula is C23H22ClFN4O2. The fraction of sp³-hybridized carbons (Fsp3) is 0.261. The van der Waals surface area contributed by atoms with E-state index in [2.05, 4.69) is 4.98 Å². The first-order valence-corrected chi connectivity index (χ1v) is 10.4. The number of halogens is 2. The zero-order chi connectivity index (χ0) is 22.1. The molecule has 0 spiro atoms. The van der Waals surface area contributed by atoms with E-state index in [9.17, 15) is 14.0 Å². The number of aromatic nitrogens is 2. The Balaban J connectivity index is 1.47. The van der Waals surface area contributed by atoms with Crippen LogP contribution in [0.25, 0.3) is 5.82 Å². The molecule has 160 valence electrons. The summed E-state index contributed by atoms with van der Waals surface area (Å²) >= 11 is 6.03. The molecule has 1 fully saturated rings.